The van der Waals surface area contributed by atoms with Crippen molar-refractivity contribution in [2.24, 2.45) is 0 Å². The number of aromatic nitrogens is 1. The van der Waals surface area contributed by atoms with E-state index in [0.29, 0.717) is 11.3 Å². The molecule has 136 valence electrons. The number of hydrogen-bond acceptors (Lipinski definition) is 5. The van der Waals surface area contributed by atoms with Crippen LogP contribution >= 0.6 is 0 Å². The molecule has 0 aliphatic carbocycles. The third-order valence-electron chi connectivity index (χ3n) is 2.99. The number of carbonyl (C=O) groups excluding carboxylic acids is 1. The van der Waals surface area contributed by atoms with Crippen LogP contribution in [-0.4, -0.2) is 31.5 Å². The molecule has 0 aliphatic heterocycles. The number of carbonyl (C=O) groups is 1. The molecule has 0 saturated carbocycles. The van der Waals surface area contributed by atoms with E-state index in [0.717, 1.165) is 0 Å². The van der Waals surface area contributed by atoms with Crippen molar-refractivity contribution in [2.75, 3.05) is 6.54 Å². The highest BCUT2D eigenvalue weighted by Gasteiger charge is 2.19. The topological polar surface area (TPSA) is 85.4 Å². The second-order valence-electron chi connectivity index (χ2n) is 6.40. The summed E-state index contributed by atoms with van der Waals surface area (Å²) >= 11 is 0. The standard InChI is InChI=1S/C19H20N2O4S/c1-19(2,3)25-18(22)14-21-26(23,24)17-11-8-15(9-12-17)7-10-16-6-4-5-13-20-16/h4-6,8-9,11-13,21H,14H2,1-3H3. The summed E-state index contributed by atoms with van der Waals surface area (Å²) in [6.07, 6.45) is 1.65. The van der Waals surface area contributed by atoms with Crippen molar-refractivity contribution in [1.82, 2.24) is 9.71 Å². The van der Waals surface area contributed by atoms with Gasteiger partial charge in [0.2, 0.25) is 10.0 Å². The van der Waals surface area contributed by atoms with Crippen molar-refractivity contribution in [1.29, 1.82) is 0 Å². The molecular weight excluding hydrogens is 352 g/mol. The Bertz CT molecular complexity index is 919. The fourth-order valence-electron chi connectivity index (χ4n) is 1.91. The Labute approximate surface area is 153 Å². The molecule has 0 atom stereocenters. The van der Waals surface area contributed by atoms with Crippen molar-refractivity contribution >= 4 is 16.0 Å². The number of nitrogens with one attached hydrogen (secondary N) is 1. The quantitative estimate of drug-likeness (QED) is 0.656. The van der Waals surface area contributed by atoms with E-state index < -0.39 is 28.1 Å². The van der Waals surface area contributed by atoms with Crippen LogP contribution in [0.5, 0.6) is 0 Å². The van der Waals surface area contributed by atoms with E-state index in [1.165, 1.54) is 12.1 Å². The highest BCUT2D eigenvalue weighted by Crippen LogP contribution is 2.11. The van der Waals surface area contributed by atoms with Crippen molar-refractivity contribution in [3.8, 4) is 11.8 Å². The highest BCUT2D eigenvalue weighted by molar-refractivity contribution is 7.89. The molecule has 2 rings (SSSR count). The fraction of sp³-hybridized carbons (Fsp3) is 0.263. The fourth-order valence-corrected chi connectivity index (χ4v) is 2.87. The Kier molecular flexibility index (Phi) is 6.14. The lowest BCUT2D eigenvalue weighted by molar-refractivity contribution is -0.153. The predicted octanol–water partition coefficient (Wildman–Crippen LogP) is 2.10. The van der Waals surface area contributed by atoms with Crippen LogP contribution in [0.4, 0.5) is 0 Å². The first-order chi connectivity index (χ1) is 12.2. The van der Waals surface area contributed by atoms with Gasteiger partial charge in [-0.25, -0.2) is 13.4 Å². The van der Waals surface area contributed by atoms with Crippen LogP contribution < -0.4 is 4.72 Å². The molecule has 0 fully saturated rings. The van der Waals surface area contributed by atoms with Gasteiger partial charge in [0.15, 0.2) is 0 Å². The summed E-state index contributed by atoms with van der Waals surface area (Å²) in [5.74, 6) is 5.17. The molecule has 0 aliphatic rings. The minimum absolute atomic E-state index is 0.0458. The van der Waals surface area contributed by atoms with E-state index in [4.69, 9.17) is 4.74 Å². The van der Waals surface area contributed by atoms with Crippen molar-refractivity contribution < 1.29 is 17.9 Å². The molecule has 1 aromatic heterocycles. The van der Waals surface area contributed by atoms with Crippen molar-refractivity contribution in [3.05, 3.63) is 59.9 Å². The van der Waals surface area contributed by atoms with Gasteiger partial charge in [0.1, 0.15) is 17.8 Å². The lowest BCUT2D eigenvalue weighted by atomic mass is 10.2. The van der Waals surface area contributed by atoms with E-state index >= 15 is 0 Å². The Balaban J connectivity index is 2.02. The molecule has 0 bridgehead atoms. The van der Waals surface area contributed by atoms with Gasteiger partial charge in [0, 0.05) is 11.8 Å². The summed E-state index contributed by atoms with van der Waals surface area (Å²) in [4.78, 5) is 15.8. The second kappa shape index (κ2) is 8.13. The molecule has 0 spiro atoms. The van der Waals surface area contributed by atoms with E-state index in [-0.39, 0.29) is 4.90 Å². The smallest absolute Gasteiger partial charge is 0.321 e. The first-order valence-corrected chi connectivity index (χ1v) is 9.39. The number of esters is 1. The minimum Gasteiger partial charge on any atom is -0.459 e. The number of rotatable bonds is 4. The Morgan fingerprint density at radius 1 is 1.12 bits per heavy atom. The summed E-state index contributed by atoms with van der Waals surface area (Å²) in [5.41, 5.74) is 0.612. The van der Waals surface area contributed by atoms with Crippen LogP contribution in [0.25, 0.3) is 0 Å². The zero-order valence-corrected chi connectivity index (χ0v) is 15.6. The molecule has 0 unspecified atom stereocenters. The number of ether oxygens (including phenoxy) is 1. The van der Waals surface area contributed by atoms with Gasteiger partial charge in [0.25, 0.3) is 0 Å². The molecule has 1 aromatic carbocycles. The van der Waals surface area contributed by atoms with Gasteiger partial charge < -0.3 is 4.74 Å². The summed E-state index contributed by atoms with van der Waals surface area (Å²) in [5, 5.41) is 0. The third-order valence-corrected chi connectivity index (χ3v) is 4.41. The normalized spacial score (nSPS) is 11.3. The molecule has 0 amide bonds. The number of sulfonamides is 1. The summed E-state index contributed by atoms with van der Waals surface area (Å²) in [6, 6.07) is 11.5. The number of hydrogen-bond donors (Lipinski definition) is 1. The molecule has 26 heavy (non-hydrogen) atoms. The van der Waals surface area contributed by atoms with Crippen molar-refractivity contribution in [2.45, 2.75) is 31.3 Å². The van der Waals surface area contributed by atoms with Gasteiger partial charge in [-0.2, -0.15) is 4.72 Å². The van der Waals surface area contributed by atoms with E-state index in [9.17, 15) is 13.2 Å². The SMILES string of the molecule is CC(C)(C)OC(=O)CNS(=O)(=O)c1ccc(C#Cc2ccccn2)cc1. The first-order valence-electron chi connectivity index (χ1n) is 7.90. The van der Waals surface area contributed by atoms with E-state index in [1.807, 2.05) is 6.07 Å². The molecule has 1 heterocycles. The molecule has 6 nitrogen and oxygen atoms in total. The number of nitrogens with zero attached hydrogens (tertiary/aromatic N) is 1. The van der Waals surface area contributed by atoms with Crippen LogP contribution in [0, 0.1) is 11.8 Å². The molecule has 0 saturated heterocycles. The van der Waals surface area contributed by atoms with Gasteiger partial charge in [0.05, 0.1) is 4.90 Å². The van der Waals surface area contributed by atoms with Gasteiger partial charge in [-0.05, 0) is 63.1 Å². The lowest BCUT2D eigenvalue weighted by Crippen LogP contribution is -2.34. The minimum atomic E-state index is -3.81. The number of benzene rings is 1. The maximum atomic E-state index is 12.2. The molecule has 1 N–H and O–H groups in total. The summed E-state index contributed by atoms with van der Waals surface area (Å²) in [7, 11) is -3.81. The Morgan fingerprint density at radius 3 is 2.38 bits per heavy atom. The van der Waals surface area contributed by atoms with Crippen LogP contribution in [0.15, 0.2) is 53.6 Å². The maximum absolute atomic E-state index is 12.2. The van der Waals surface area contributed by atoms with Crippen LogP contribution in [-0.2, 0) is 19.6 Å². The average Bonchev–Trinajstić information content (AvgIpc) is 2.58. The molecule has 0 radical (unpaired) electrons. The van der Waals surface area contributed by atoms with Gasteiger partial charge >= 0.3 is 5.97 Å². The average molecular weight is 372 g/mol. The van der Waals surface area contributed by atoms with E-state index in [1.54, 1.807) is 51.2 Å². The highest BCUT2D eigenvalue weighted by atomic mass is 32.2. The molecule has 7 heteroatoms. The summed E-state index contributed by atoms with van der Waals surface area (Å²) < 4.78 is 31.8. The van der Waals surface area contributed by atoms with Gasteiger partial charge in [-0.3, -0.25) is 4.79 Å². The van der Waals surface area contributed by atoms with Gasteiger partial charge in [-0.15, -0.1) is 0 Å². The zero-order valence-electron chi connectivity index (χ0n) is 14.8. The largest absolute Gasteiger partial charge is 0.459 e. The van der Waals surface area contributed by atoms with Crippen LogP contribution in [0.2, 0.25) is 0 Å². The van der Waals surface area contributed by atoms with Crippen LogP contribution in [0.1, 0.15) is 32.0 Å². The lowest BCUT2D eigenvalue weighted by Gasteiger charge is -2.19. The second-order valence-corrected chi connectivity index (χ2v) is 8.17. The van der Waals surface area contributed by atoms with E-state index in [2.05, 4.69) is 21.5 Å². The molecular formula is C19H20N2O4S. The first kappa shape index (κ1) is 19.6. The van der Waals surface area contributed by atoms with Crippen molar-refractivity contribution in [3.63, 3.8) is 0 Å². The predicted molar refractivity (Wildman–Crippen MR) is 97.7 cm³/mol. The zero-order chi connectivity index (χ0) is 19.2. The van der Waals surface area contributed by atoms with Crippen LogP contribution in [0.3, 0.4) is 0 Å². The maximum Gasteiger partial charge on any atom is 0.321 e. The number of pyridine rings is 1. The van der Waals surface area contributed by atoms with Gasteiger partial charge in [-0.1, -0.05) is 12.0 Å². The molecule has 2 aromatic rings. The summed E-state index contributed by atoms with van der Waals surface area (Å²) in [6.45, 7) is 4.71. The Hall–Kier alpha value is -2.69. The third kappa shape index (κ3) is 6.31. The Morgan fingerprint density at radius 2 is 1.81 bits per heavy atom. The monoisotopic (exact) mass is 372 g/mol.